The average Bonchev–Trinajstić information content (AvgIpc) is 2.02. The molecule has 0 radical (unpaired) electrons. The normalized spacial score (nSPS) is 11.5. The first-order valence-corrected chi connectivity index (χ1v) is 5.56. The third kappa shape index (κ3) is 9.84. The minimum absolute atomic E-state index is 0.778. The maximum atomic E-state index is 3.45. The van der Waals surface area contributed by atoms with Crippen LogP contribution >= 0.6 is 0 Å². The lowest BCUT2D eigenvalue weighted by molar-refractivity contribution is 0.294. The van der Waals surface area contributed by atoms with Gasteiger partial charge in [0.2, 0.25) is 0 Å². The highest BCUT2D eigenvalue weighted by Gasteiger charge is 1.99. The average molecular weight is 186 g/mol. The summed E-state index contributed by atoms with van der Waals surface area (Å²) >= 11 is 0. The Bertz CT molecular complexity index is 102. The largest absolute Gasteiger partial charge is 0.315 e. The molecule has 0 saturated carbocycles. The quantitative estimate of drug-likeness (QED) is 0.583. The first-order valence-electron chi connectivity index (χ1n) is 5.56. The molecule has 0 aliphatic carbocycles. The van der Waals surface area contributed by atoms with Gasteiger partial charge in [-0.3, -0.25) is 0 Å². The topological polar surface area (TPSA) is 15.3 Å². The van der Waals surface area contributed by atoms with Gasteiger partial charge >= 0.3 is 0 Å². The molecular formula is C11H26N2. The Morgan fingerprint density at radius 3 is 2.46 bits per heavy atom. The Morgan fingerprint density at radius 1 is 1.23 bits per heavy atom. The second kappa shape index (κ2) is 8.52. The summed E-state index contributed by atoms with van der Waals surface area (Å²) in [5.74, 6) is 0.778. The van der Waals surface area contributed by atoms with Crippen molar-refractivity contribution in [1.29, 1.82) is 0 Å². The van der Waals surface area contributed by atoms with Crippen LogP contribution in [0, 0.1) is 5.92 Å². The zero-order chi connectivity index (χ0) is 10.1. The first-order chi connectivity index (χ1) is 6.16. The molecule has 0 bridgehead atoms. The summed E-state index contributed by atoms with van der Waals surface area (Å²) < 4.78 is 0. The van der Waals surface area contributed by atoms with Crippen molar-refractivity contribution in [2.45, 2.75) is 33.6 Å². The van der Waals surface area contributed by atoms with Gasteiger partial charge in [0.25, 0.3) is 0 Å². The molecule has 0 amide bonds. The number of unbranched alkanes of at least 4 members (excludes halogenated alkanes) is 1. The summed E-state index contributed by atoms with van der Waals surface area (Å²) in [5, 5.41) is 3.45. The van der Waals surface area contributed by atoms with Crippen molar-refractivity contribution in [3.8, 4) is 0 Å². The molecular weight excluding hydrogens is 160 g/mol. The van der Waals surface area contributed by atoms with Gasteiger partial charge in [-0.15, -0.1) is 0 Å². The summed E-state index contributed by atoms with van der Waals surface area (Å²) in [7, 11) is 2.20. The number of rotatable bonds is 8. The van der Waals surface area contributed by atoms with Crippen molar-refractivity contribution in [2.24, 2.45) is 5.92 Å². The maximum Gasteiger partial charge on any atom is 0.0104 e. The fraction of sp³-hybridized carbons (Fsp3) is 1.00. The van der Waals surface area contributed by atoms with E-state index < -0.39 is 0 Å². The molecule has 0 aromatic rings. The fourth-order valence-electron chi connectivity index (χ4n) is 1.41. The SMILES string of the molecule is CCCCNCCN(C)CC(C)C. The minimum Gasteiger partial charge on any atom is -0.315 e. The van der Waals surface area contributed by atoms with Crippen molar-refractivity contribution >= 4 is 0 Å². The highest BCUT2D eigenvalue weighted by molar-refractivity contribution is 4.56. The fourth-order valence-corrected chi connectivity index (χ4v) is 1.41. The van der Waals surface area contributed by atoms with Gasteiger partial charge in [0.15, 0.2) is 0 Å². The Hall–Kier alpha value is -0.0800. The standard InChI is InChI=1S/C11H26N2/c1-5-6-7-12-8-9-13(4)10-11(2)3/h11-12H,5-10H2,1-4H3. The molecule has 0 spiro atoms. The van der Waals surface area contributed by atoms with Crippen LogP contribution in [0.4, 0.5) is 0 Å². The van der Waals surface area contributed by atoms with Crippen LogP contribution in [-0.4, -0.2) is 38.1 Å². The van der Waals surface area contributed by atoms with Gasteiger partial charge in [-0.2, -0.15) is 0 Å². The molecule has 0 rings (SSSR count). The van der Waals surface area contributed by atoms with Crippen LogP contribution in [0.15, 0.2) is 0 Å². The molecule has 80 valence electrons. The van der Waals surface area contributed by atoms with Crippen LogP contribution in [-0.2, 0) is 0 Å². The van der Waals surface area contributed by atoms with Crippen LogP contribution in [0.5, 0.6) is 0 Å². The van der Waals surface area contributed by atoms with Gasteiger partial charge in [-0.25, -0.2) is 0 Å². The molecule has 0 aliphatic heterocycles. The van der Waals surface area contributed by atoms with Crippen molar-refractivity contribution < 1.29 is 0 Å². The number of hydrogen-bond acceptors (Lipinski definition) is 2. The number of likely N-dealkylation sites (N-methyl/N-ethyl adjacent to an activating group) is 1. The van der Waals surface area contributed by atoms with Crippen LogP contribution < -0.4 is 5.32 Å². The molecule has 0 atom stereocenters. The smallest absolute Gasteiger partial charge is 0.0104 e. The molecule has 0 aliphatic rings. The summed E-state index contributed by atoms with van der Waals surface area (Å²) in [6.07, 6.45) is 2.59. The van der Waals surface area contributed by atoms with Gasteiger partial charge in [0.05, 0.1) is 0 Å². The monoisotopic (exact) mass is 186 g/mol. The molecule has 0 aromatic carbocycles. The van der Waals surface area contributed by atoms with Crippen molar-refractivity contribution in [2.75, 3.05) is 33.2 Å². The minimum atomic E-state index is 0.778. The second-order valence-electron chi connectivity index (χ2n) is 4.26. The summed E-state index contributed by atoms with van der Waals surface area (Å²) in [6.45, 7) is 11.4. The van der Waals surface area contributed by atoms with Gasteiger partial charge in [-0.05, 0) is 25.9 Å². The maximum absolute atomic E-state index is 3.45. The Labute approximate surface area is 83.7 Å². The number of nitrogens with zero attached hydrogens (tertiary/aromatic N) is 1. The van der Waals surface area contributed by atoms with E-state index in [1.54, 1.807) is 0 Å². The van der Waals surface area contributed by atoms with E-state index in [-0.39, 0.29) is 0 Å². The summed E-state index contributed by atoms with van der Waals surface area (Å²) in [4.78, 5) is 2.39. The molecule has 0 heterocycles. The van der Waals surface area contributed by atoms with Crippen LogP contribution in [0.3, 0.4) is 0 Å². The van der Waals surface area contributed by atoms with E-state index in [1.807, 2.05) is 0 Å². The first kappa shape index (κ1) is 12.9. The van der Waals surface area contributed by atoms with Gasteiger partial charge in [-0.1, -0.05) is 27.2 Å². The molecule has 2 heteroatoms. The lowest BCUT2D eigenvalue weighted by Crippen LogP contribution is -2.31. The molecule has 0 saturated heterocycles. The summed E-state index contributed by atoms with van der Waals surface area (Å²) in [5.41, 5.74) is 0. The third-order valence-electron chi connectivity index (χ3n) is 2.05. The highest BCUT2D eigenvalue weighted by Crippen LogP contribution is 1.94. The van der Waals surface area contributed by atoms with Crippen LogP contribution in [0.2, 0.25) is 0 Å². The van der Waals surface area contributed by atoms with Gasteiger partial charge in [0.1, 0.15) is 0 Å². The van der Waals surface area contributed by atoms with E-state index in [0.29, 0.717) is 0 Å². The van der Waals surface area contributed by atoms with Crippen LogP contribution in [0.25, 0.3) is 0 Å². The predicted octanol–water partition coefficient (Wildman–Crippen LogP) is 1.96. The molecule has 0 aromatic heterocycles. The van der Waals surface area contributed by atoms with Gasteiger partial charge < -0.3 is 10.2 Å². The molecule has 0 unspecified atom stereocenters. The van der Waals surface area contributed by atoms with E-state index in [2.05, 4.69) is 38.0 Å². The Kier molecular flexibility index (Phi) is 8.46. The second-order valence-corrected chi connectivity index (χ2v) is 4.26. The van der Waals surface area contributed by atoms with E-state index in [1.165, 1.54) is 32.5 Å². The van der Waals surface area contributed by atoms with E-state index in [0.717, 1.165) is 12.5 Å². The van der Waals surface area contributed by atoms with Gasteiger partial charge in [0, 0.05) is 19.6 Å². The van der Waals surface area contributed by atoms with E-state index in [9.17, 15) is 0 Å². The van der Waals surface area contributed by atoms with E-state index >= 15 is 0 Å². The van der Waals surface area contributed by atoms with Crippen molar-refractivity contribution in [3.05, 3.63) is 0 Å². The van der Waals surface area contributed by atoms with E-state index in [4.69, 9.17) is 0 Å². The molecule has 1 N–H and O–H groups in total. The van der Waals surface area contributed by atoms with Crippen molar-refractivity contribution in [1.82, 2.24) is 10.2 Å². The molecule has 2 nitrogen and oxygen atoms in total. The Morgan fingerprint density at radius 2 is 1.92 bits per heavy atom. The Balaban J connectivity index is 3.12. The zero-order valence-corrected chi connectivity index (χ0v) is 9.77. The third-order valence-corrected chi connectivity index (χ3v) is 2.05. The lowest BCUT2D eigenvalue weighted by Gasteiger charge is -2.18. The lowest BCUT2D eigenvalue weighted by atomic mass is 10.2. The highest BCUT2D eigenvalue weighted by atomic mass is 15.1. The number of nitrogens with one attached hydrogen (secondary N) is 1. The zero-order valence-electron chi connectivity index (χ0n) is 9.77. The number of hydrogen-bond donors (Lipinski definition) is 1. The predicted molar refractivity (Wildman–Crippen MR) is 60.1 cm³/mol. The van der Waals surface area contributed by atoms with Crippen LogP contribution in [0.1, 0.15) is 33.6 Å². The summed E-state index contributed by atoms with van der Waals surface area (Å²) in [6, 6.07) is 0. The van der Waals surface area contributed by atoms with Crippen molar-refractivity contribution in [3.63, 3.8) is 0 Å². The molecule has 13 heavy (non-hydrogen) atoms. The molecule has 0 fully saturated rings.